The smallest absolute Gasteiger partial charge is 0.354 e. The van der Waals surface area contributed by atoms with E-state index in [0.717, 1.165) is 4.90 Å². The molecular weight excluding hydrogens is 250 g/mol. The Hall–Kier alpha value is -2.44. The Kier molecular flexibility index (Phi) is 3.46. The number of aromatic carboxylic acids is 1. The Labute approximate surface area is 109 Å². The van der Waals surface area contributed by atoms with Crippen LogP contribution in [0.3, 0.4) is 0 Å². The minimum Gasteiger partial charge on any atom is -0.477 e. The number of carbonyl (C=O) groups is 3. The number of carbonyl (C=O) groups excluding carboxylic acids is 2. The quantitative estimate of drug-likeness (QED) is 0.763. The molecule has 2 amide bonds. The number of hydrogen-bond acceptors (Lipinski definition) is 5. The summed E-state index contributed by atoms with van der Waals surface area (Å²) in [6, 6.07) is 2.41. The monoisotopic (exact) mass is 263 g/mol. The lowest BCUT2D eigenvalue weighted by atomic mass is 10.0. The molecule has 1 fully saturated rings. The predicted octanol–water partition coefficient (Wildman–Crippen LogP) is 0.339. The van der Waals surface area contributed by atoms with Crippen LogP contribution in [0.1, 0.15) is 23.3 Å². The van der Waals surface area contributed by atoms with Crippen molar-refractivity contribution in [1.82, 2.24) is 9.88 Å². The highest BCUT2D eigenvalue weighted by atomic mass is 16.4. The molecule has 0 spiro atoms. The van der Waals surface area contributed by atoms with E-state index in [1.807, 2.05) is 0 Å². The first-order chi connectivity index (χ1) is 8.99. The lowest BCUT2D eigenvalue weighted by Gasteiger charge is -2.28. The van der Waals surface area contributed by atoms with Crippen LogP contribution in [0.4, 0.5) is 5.69 Å². The summed E-state index contributed by atoms with van der Waals surface area (Å²) in [7, 11) is 1.44. The molecule has 0 saturated carbocycles. The van der Waals surface area contributed by atoms with Crippen LogP contribution in [0.2, 0.25) is 0 Å². The van der Waals surface area contributed by atoms with E-state index in [9.17, 15) is 14.4 Å². The molecule has 2 rings (SSSR count). The van der Waals surface area contributed by atoms with Gasteiger partial charge in [0.1, 0.15) is 11.7 Å². The molecule has 100 valence electrons. The number of nitrogens with zero attached hydrogens (tertiary/aromatic N) is 2. The lowest BCUT2D eigenvalue weighted by Crippen LogP contribution is -2.48. The number of aromatic nitrogens is 1. The molecule has 7 heteroatoms. The van der Waals surface area contributed by atoms with E-state index in [1.54, 1.807) is 6.07 Å². The zero-order chi connectivity index (χ0) is 14.0. The van der Waals surface area contributed by atoms with Gasteiger partial charge in [-0.2, -0.15) is 0 Å². The van der Waals surface area contributed by atoms with Crippen molar-refractivity contribution in [3.63, 3.8) is 0 Å². The van der Waals surface area contributed by atoms with E-state index in [1.165, 1.54) is 19.3 Å². The largest absolute Gasteiger partial charge is 0.477 e. The minimum absolute atomic E-state index is 0.0994. The highest BCUT2D eigenvalue weighted by Crippen LogP contribution is 2.17. The second-order valence-electron chi connectivity index (χ2n) is 4.26. The molecule has 1 aromatic heterocycles. The first-order valence-corrected chi connectivity index (χ1v) is 5.75. The third-order valence-electron chi connectivity index (χ3n) is 2.97. The molecule has 0 bridgehead atoms. The van der Waals surface area contributed by atoms with E-state index in [-0.39, 0.29) is 23.9 Å². The molecule has 7 nitrogen and oxygen atoms in total. The number of imide groups is 1. The average Bonchev–Trinajstić information content (AvgIpc) is 2.40. The number of carboxylic acid groups (broad SMARTS) is 1. The van der Waals surface area contributed by atoms with Crippen LogP contribution in [-0.2, 0) is 9.59 Å². The third-order valence-corrected chi connectivity index (χ3v) is 2.97. The lowest BCUT2D eigenvalue weighted by molar-refractivity contribution is -0.146. The summed E-state index contributed by atoms with van der Waals surface area (Å²) in [5.41, 5.74) is 0.395. The van der Waals surface area contributed by atoms with Crippen LogP contribution < -0.4 is 5.32 Å². The van der Waals surface area contributed by atoms with Gasteiger partial charge >= 0.3 is 5.97 Å². The fraction of sp³-hybridized carbons (Fsp3) is 0.333. The van der Waals surface area contributed by atoms with E-state index < -0.39 is 12.0 Å². The fourth-order valence-corrected chi connectivity index (χ4v) is 1.89. The molecule has 1 aliphatic heterocycles. The molecule has 0 aliphatic carbocycles. The van der Waals surface area contributed by atoms with Crippen LogP contribution in [0, 0.1) is 0 Å². The van der Waals surface area contributed by atoms with Crippen LogP contribution >= 0.6 is 0 Å². The molecule has 19 heavy (non-hydrogen) atoms. The summed E-state index contributed by atoms with van der Waals surface area (Å²) >= 11 is 0. The van der Waals surface area contributed by atoms with Crippen molar-refractivity contribution in [3.8, 4) is 0 Å². The van der Waals surface area contributed by atoms with Gasteiger partial charge in [-0.15, -0.1) is 0 Å². The highest BCUT2D eigenvalue weighted by Gasteiger charge is 2.31. The van der Waals surface area contributed by atoms with Gasteiger partial charge in [-0.25, -0.2) is 9.78 Å². The number of pyridine rings is 1. The maximum absolute atomic E-state index is 11.9. The first kappa shape index (κ1) is 13.0. The van der Waals surface area contributed by atoms with Gasteiger partial charge in [0.05, 0.1) is 0 Å². The number of amides is 2. The molecule has 0 aromatic carbocycles. The van der Waals surface area contributed by atoms with Crippen molar-refractivity contribution >= 4 is 23.5 Å². The number of nitrogens with one attached hydrogen (secondary N) is 1. The molecule has 0 radical (unpaired) electrons. The predicted molar refractivity (Wildman–Crippen MR) is 65.6 cm³/mol. The summed E-state index contributed by atoms with van der Waals surface area (Å²) in [6.07, 6.45) is 2.04. The Morgan fingerprint density at radius 1 is 1.53 bits per heavy atom. The average molecular weight is 263 g/mol. The molecule has 1 saturated heterocycles. The molecular formula is C12H13N3O4. The van der Waals surface area contributed by atoms with Gasteiger partial charge in [0, 0.05) is 25.4 Å². The number of anilines is 1. The number of likely N-dealkylation sites (N-methyl/N-ethyl adjacent to an activating group) is 1. The van der Waals surface area contributed by atoms with E-state index in [4.69, 9.17) is 5.11 Å². The van der Waals surface area contributed by atoms with Crippen LogP contribution in [0.15, 0.2) is 18.3 Å². The van der Waals surface area contributed by atoms with Gasteiger partial charge in [0.15, 0.2) is 0 Å². The summed E-state index contributed by atoms with van der Waals surface area (Å²) in [6.45, 7) is 0. The molecule has 1 unspecified atom stereocenters. The number of rotatable bonds is 3. The Morgan fingerprint density at radius 2 is 2.26 bits per heavy atom. The van der Waals surface area contributed by atoms with Crippen LogP contribution in [0.5, 0.6) is 0 Å². The standard InChI is InChI=1S/C12H13N3O4/c1-15-10(16)3-2-8(11(15)17)14-7-4-5-13-9(6-7)12(18)19/h4-6,8H,2-3H2,1H3,(H,13,14)(H,18,19). The summed E-state index contributed by atoms with van der Waals surface area (Å²) < 4.78 is 0. The topological polar surface area (TPSA) is 99.6 Å². The maximum Gasteiger partial charge on any atom is 0.354 e. The minimum atomic E-state index is -1.13. The van der Waals surface area contributed by atoms with Crippen molar-refractivity contribution < 1.29 is 19.5 Å². The van der Waals surface area contributed by atoms with Crippen molar-refractivity contribution in [1.29, 1.82) is 0 Å². The van der Waals surface area contributed by atoms with E-state index in [2.05, 4.69) is 10.3 Å². The van der Waals surface area contributed by atoms with E-state index >= 15 is 0 Å². The number of hydrogen-bond donors (Lipinski definition) is 2. The Balaban J connectivity index is 2.13. The molecule has 1 aromatic rings. The highest BCUT2D eigenvalue weighted by molar-refractivity contribution is 6.01. The Bertz CT molecular complexity index is 544. The maximum atomic E-state index is 11.9. The van der Waals surface area contributed by atoms with Crippen molar-refractivity contribution in [2.45, 2.75) is 18.9 Å². The summed E-state index contributed by atoms with van der Waals surface area (Å²) in [5.74, 6) is -1.65. The fourth-order valence-electron chi connectivity index (χ4n) is 1.89. The van der Waals surface area contributed by atoms with Crippen molar-refractivity contribution in [3.05, 3.63) is 24.0 Å². The number of carboxylic acids is 1. The Morgan fingerprint density at radius 3 is 2.95 bits per heavy atom. The van der Waals surface area contributed by atoms with Gasteiger partial charge in [-0.1, -0.05) is 0 Å². The number of piperidine rings is 1. The molecule has 1 atom stereocenters. The van der Waals surface area contributed by atoms with Crippen molar-refractivity contribution in [2.75, 3.05) is 12.4 Å². The number of likely N-dealkylation sites (tertiary alicyclic amines) is 1. The summed E-state index contributed by atoms with van der Waals surface area (Å²) in [5, 5.41) is 11.8. The second kappa shape index (κ2) is 5.05. The SMILES string of the molecule is CN1C(=O)CCC(Nc2ccnc(C(=O)O)c2)C1=O. The summed E-state index contributed by atoms with van der Waals surface area (Å²) in [4.78, 5) is 38.8. The first-order valence-electron chi connectivity index (χ1n) is 5.75. The van der Waals surface area contributed by atoms with Gasteiger partial charge < -0.3 is 10.4 Å². The zero-order valence-electron chi connectivity index (χ0n) is 10.3. The normalized spacial score (nSPS) is 19.4. The van der Waals surface area contributed by atoms with Crippen LogP contribution in [0.25, 0.3) is 0 Å². The van der Waals surface area contributed by atoms with E-state index in [0.29, 0.717) is 12.1 Å². The van der Waals surface area contributed by atoms with Gasteiger partial charge in [-0.3, -0.25) is 14.5 Å². The van der Waals surface area contributed by atoms with Gasteiger partial charge in [0.2, 0.25) is 5.91 Å². The molecule has 2 N–H and O–H groups in total. The zero-order valence-corrected chi connectivity index (χ0v) is 10.3. The van der Waals surface area contributed by atoms with Gasteiger partial charge in [-0.05, 0) is 18.6 Å². The van der Waals surface area contributed by atoms with Gasteiger partial charge in [0.25, 0.3) is 5.91 Å². The second-order valence-corrected chi connectivity index (χ2v) is 4.26. The van der Waals surface area contributed by atoms with Crippen molar-refractivity contribution in [2.24, 2.45) is 0 Å². The molecule has 2 heterocycles. The van der Waals surface area contributed by atoms with Crippen LogP contribution in [-0.4, -0.2) is 45.9 Å². The third kappa shape index (κ3) is 2.70. The molecule has 1 aliphatic rings.